The number of rotatable bonds is 2. The second kappa shape index (κ2) is 3.97. The predicted octanol–water partition coefficient (Wildman–Crippen LogP) is 3.62. The Morgan fingerprint density at radius 1 is 1.20 bits per heavy atom. The molecule has 1 aromatic heterocycles. The van der Waals surface area contributed by atoms with Gasteiger partial charge in [0.2, 0.25) is 0 Å². The monoisotopic (exact) mass is 237 g/mol. The summed E-state index contributed by atoms with van der Waals surface area (Å²) in [6.45, 7) is 1.99. The molecule has 15 heavy (non-hydrogen) atoms. The molecule has 1 unspecified atom stereocenters. The van der Waals surface area contributed by atoms with Crippen LogP contribution in [-0.4, -0.2) is 0 Å². The van der Waals surface area contributed by atoms with E-state index >= 15 is 0 Å². The zero-order chi connectivity index (χ0) is 10.9. The van der Waals surface area contributed by atoms with Crippen LogP contribution in [-0.2, 0) is 5.54 Å². The fourth-order valence-corrected chi connectivity index (χ4v) is 2.74. The quantitative estimate of drug-likeness (QED) is 0.848. The van der Waals surface area contributed by atoms with Crippen molar-refractivity contribution in [1.82, 2.24) is 0 Å². The van der Waals surface area contributed by atoms with E-state index in [0.29, 0.717) is 0 Å². The van der Waals surface area contributed by atoms with Crippen LogP contribution in [0.25, 0.3) is 0 Å². The van der Waals surface area contributed by atoms with E-state index in [-0.39, 0.29) is 0 Å². The molecule has 0 aliphatic heterocycles. The van der Waals surface area contributed by atoms with Gasteiger partial charge in [0, 0.05) is 9.90 Å². The molecule has 1 atom stereocenters. The van der Waals surface area contributed by atoms with Crippen molar-refractivity contribution in [3.63, 3.8) is 0 Å². The molecule has 0 fully saturated rings. The summed E-state index contributed by atoms with van der Waals surface area (Å²) in [5.74, 6) is 0. The van der Waals surface area contributed by atoms with Crippen LogP contribution in [0.5, 0.6) is 0 Å². The molecule has 0 bridgehead atoms. The molecule has 0 amide bonds. The van der Waals surface area contributed by atoms with E-state index in [1.807, 2.05) is 48.7 Å². The molecule has 0 saturated heterocycles. The fourth-order valence-electron chi connectivity index (χ4n) is 1.59. The van der Waals surface area contributed by atoms with Crippen LogP contribution in [0.4, 0.5) is 0 Å². The first-order chi connectivity index (χ1) is 7.12. The van der Waals surface area contributed by atoms with E-state index in [9.17, 15) is 0 Å². The molecule has 3 heteroatoms. The molecule has 0 radical (unpaired) electrons. The van der Waals surface area contributed by atoms with E-state index in [1.54, 1.807) is 11.3 Å². The molecule has 2 N–H and O–H groups in total. The average Bonchev–Trinajstić information content (AvgIpc) is 2.71. The third kappa shape index (κ3) is 1.93. The van der Waals surface area contributed by atoms with Crippen molar-refractivity contribution >= 4 is 22.9 Å². The van der Waals surface area contributed by atoms with Gasteiger partial charge >= 0.3 is 0 Å². The van der Waals surface area contributed by atoms with Gasteiger partial charge in [0.1, 0.15) is 0 Å². The van der Waals surface area contributed by atoms with Crippen molar-refractivity contribution in [2.24, 2.45) is 5.73 Å². The van der Waals surface area contributed by atoms with Crippen LogP contribution < -0.4 is 5.73 Å². The third-order valence-corrected chi connectivity index (χ3v) is 3.90. The van der Waals surface area contributed by atoms with E-state index in [0.717, 1.165) is 15.5 Å². The largest absolute Gasteiger partial charge is 0.317 e. The van der Waals surface area contributed by atoms with Gasteiger partial charge < -0.3 is 5.73 Å². The Morgan fingerprint density at radius 2 is 1.93 bits per heavy atom. The summed E-state index contributed by atoms with van der Waals surface area (Å²) in [5, 5.41) is 2.74. The maximum Gasteiger partial charge on any atom is 0.0745 e. The molecular formula is C12H12ClNS. The van der Waals surface area contributed by atoms with Crippen LogP contribution in [0.3, 0.4) is 0 Å². The minimum atomic E-state index is -0.507. The summed E-state index contributed by atoms with van der Waals surface area (Å²) in [6, 6.07) is 11.8. The molecule has 1 heterocycles. The first-order valence-corrected chi connectivity index (χ1v) is 5.96. The minimum absolute atomic E-state index is 0.507. The van der Waals surface area contributed by atoms with Crippen molar-refractivity contribution in [3.05, 3.63) is 57.2 Å². The highest BCUT2D eigenvalue weighted by atomic mass is 35.5. The molecule has 2 aromatic rings. The van der Waals surface area contributed by atoms with Gasteiger partial charge in [-0.25, -0.2) is 0 Å². The summed E-state index contributed by atoms with van der Waals surface area (Å²) in [6.07, 6.45) is 0. The van der Waals surface area contributed by atoms with Gasteiger partial charge in [-0.2, -0.15) is 0 Å². The van der Waals surface area contributed by atoms with Gasteiger partial charge in [0.05, 0.1) is 5.54 Å². The molecule has 2 rings (SSSR count). The van der Waals surface area contributed by atoms with Gasteiger partial charge in [-0.05, 0) is 30.0 Å². The molecule has 1 aromatic carbocycles. The van der Waals surface area contributed by atoms with Crippen molar-refractivity contribution in [1.29, 1.82) is 0 Å². The van der Waals surface area contributed by atoms with E-state index in [1.165, 1.54) is 0 Å². The first kappa shape index (κ1) is 10.7. The lowest BCUT2D eigenvalue weighted by Crippen LogP contribution is -2.33. The second-order valence-electron chi connectivity index (χ2n) is 3.66. The standard InChI is InChI=1S/C12H12ClNS/c1-12(14,11-7-4-8-15-11)9-5-2-3-6-10(9)13/h2-8H,14H2,1H3. The third-order valence-electron chi connectivity index (χ3n) is 2.47. The van der Waals surface area contributed by atoms with Crippen LogP contribution in [0.2, 0.25) is 5.02 Å². The van der Waals surface area contributed by atoms with Crippen molar-refractivity contribution < 1.29 is 0 Å². The zero-order valence-corrected chi connectivity index (χ0v) is 9.98. The summed E-state index contributed by atoms with van der Waals surface area (Å²) in [5.41, 5.74) is 6.79. The summed E-state index contributed by atoms with van der Waals surface area (Å²) in [7, 11) is 0. The lowest BCUT2D eigenvalue weighted by atomic mass is 9.91. The van der Waals surface area contributed by atoms with Crippen LogP contribution >= 0.6 is 22.9 Å². The fraction of sp³-hybridized carbons (Fsp3) is 0.167. The Hall–Kier alpha value is -0.830. The number of thiophene rings is 1. The lowest BCUT2D eigenvalue weighted by Gasteiger charge is -2.24. The molecule has 0 saturated carbocycles. The average molecular weight is 238 g/mol. The van der Waals surface area contributed by atoms with Crippen LogP contribution in [0, 0.1) is 0 Å². The number of hydrogen-bond acceptors (Lipinski definition) is 2. The maximum absolute atomic E-state index is 6.33. The number of nitrogens with two attached hydrogens (primary N) is 1. The van der Waals surface area contributed by atoms with Crippen molar-refractivity contribution in [2.45, 2.75) is 12.5 Å². The van der Waals surface area contributed by atoms with E-state index in [4.69, 9.17) is 17.3 Å². The minimum Gasteiger partial charge on any atom is -0.317 e. The molecular weight excluding hydrogens is 226 g/mol. The Balaban J connectivity index is 2.51. The number of benzene rings is 1. The van der Waals surface area contributed by atoms with Crippen molar-refractivity contribution in [3.8, 4) is 0 Å². The molecule has 0 aliphatic carbocycles. The zero-order valence-electron chi connectivity index (χ0n) is 8.41. The highest BCUT2D eigenvalue weighted by molar-refractivity contribution is 7.10. The van der Waals surface area contributed by atoms with Crippen LogP contribution in [0.1, 0.15) is 17.4 Å². The van der Waals surface area contributed by atoms with E-state index in [2.05, 4.69) is 0 Å². The van der Waals surface area contributed by atoms with Gasteiger partial charge in [-0.15, -0.1) is 11.3 Å². The Bertz CT molecular complexity index is 448. The van der Waals surface area contributed by atoms with Gasteiger partial charge in [0.15, 0.2) is 0 Å². The normalized spacial score (nSPS) is 14.9. The Labute approximate surface area is 98.5 Å². The van der Waals surface area contributed by atoms with Gasteiger partial charge in [0.25, 0.3) is 0 Å². The predicted molar refractivity (Wildman–Crippen MR) is 66.4 cm³/mol. The highest BCUT2D eigenvalue weighted by Crippen LogP contribution is 2.33. The Kier molecular flexibility index (Phi) is 2.83. The topological polar surface area (TPSA) is 26.0 Å². The molecule has 0 aliphatic rings. The van der Waals surface area contributed by atoms with E-state index < -0.39 is 5.54 Å². The summed E-state index contributed by atoms with van der Waals surface area (Å²) >= 11 is 7.80. The Morgan fingerprint density at radius 3 is 2.53 bits per heavy atom. The van der Waals surface area contributed by atoms with Gasteiger partial charge in [-0.1, -0.05) is 35.9 Å². The maximum atomic E-state index is 6.33. The molecule has 78 valence electrons. The molecule has 1 nitrogen and oxygen atoms in total. The van der Waals surface area contributed by atoms with Crippen molar-refractivity contribution in [2.75, 3.05) is 0 Å². The number of hydrogen-bond donors (Lipinski definition) is 1. The molecule has 0 spiro atoms. The SMILES string of the molecule is CC(N)(c1cccs1)c1ccccc1Cl. The van der Waals surface area contributed by atoms with Gasteiger partial charge in [-0.3, -0.25) is 0 Å². The lowest BCUT2D eigenvalue weighted by molar-refractivity contribution is 0.617. The first-order valence-electron chi connectivity index (χ1n) is 4.70. The number of halogens is 1. The summed E-state index contributed by atoms with van der Waals surface area (Å²) in [4.78, 5) is 1.12. The van der Waals surface area contributed by atoms with Crippen LogP contribution in [0.15, 0.2) is 41.8 Å². The smallest absolute Gasteiger partial charge is 0.0745 e. The summed E-state index contributed by atoms with van der Waals surface area (Å²) < 4.78 is 0. The highest BCUT2D eigenvalue weighted by Gasteiger charge is 2.26. The second-order valence-corrected chi connectivity index (χ2v) is 5.01.